The van der Waals surface area contributed by atoms with Gasteiger partial charge in [0.05, 0.1) is 5.60 Å². The average Bonchev–Trinajstić information content (AvgIpc) is 2.45. The van der Waals surface area contributed by atoms with Crippen molar-refractivity contribution in [1.29, 1.82) is 0 Å². The fraction of sp³-hybridized carbons (Fsp3) is 1.00. The molecule has 0 spiro atoms. The van der Waals surface area contributed by atoms with Gasteiger partial charge in [0.2, 0.25) is 0 Å². The van der Waals surface area contributed by atoms with Crippen molar-refractivity contribution in [2.24, 2.45) is 17.3 Å². The van der Waals surface area contributed by atoms with E-state index in [1.165, 1.54) is 51.4 Å². The van der Waals surface area contributed by atoms with E-state index in [2.05, 4.69) is 40.1 Å². The van der Waals surface area contributed by atoms with Crippen LogP contribution < -0.4 is 5.32 Å². The molecule has 0 heterocycles. The van der Waals surface area contributed by atoms with Gasteiger partial charge in [-0.3, -0.25) is 0 Å². The van der Waals surface area contributed by atoms with Gasteiger partial charge in [-0.15, -0.1) is 0 Å². The number of rotatable bonds is 5. The maximum Gasteiger partial charge on any atom is 0.0837 e. The Kier molecular flexibility index (Phi) is 5.76. The summed E-state index contributed by atoms with van der Waals surface area (Å²) in [6, 6.07) is 0.543. The Bertz CT molecular complexity index is 308. The molecule has 2 aliphatic rings. The zero-order chi connectivity index (χ0) is 15.5. The first-order valence-electron chi connectivity index (χ1n) is 9.24. The highest BCUT2D eigenvalue weighted by Crippen LogP contribution is 2.46. The monoisotopic (exact) mass is 295 g/mol. The van der Waals surface area contributed by atoms with Gasteiger partial charge in [-0.1, -0.05) is 33.6 Å². The summed E-state index contributed by atoms with van der Waals surface area (Å²) < 4.78 is 6.43. The van der Waals surface area contributed by atoms with Crippen LogP contribution in [0.4, 0.5) is 0 Å². The summed E-state index contributed by atoms with van der Waals surface area (Å²) in [5.41, 5.74) is 0.588. The molecule has 0 radical (unpaired) electrons. The minimum Gasteiger partial charge on any atom is -0.374 e. The zero-order valence-corrected chi connectivity index (χ0v) is 15.0. The number of hydrogen-bond donors (Lipinski definition) is 1. The second-order valence-electron chi connectivity index (χ2n) is 8.45. The minimum absolute atomic E-state index is 0.0876. The number of hydrogen-bond acceptors (Lipinski definition) is 2. The van der Waals surface area contributed by atoms with Gasteiger partial charge in [0.1, 0.15) is 0 Å². The maximum absolute atomic E-state index is 6.43. The van der Waals surface area contributed by atoms with Crippen LogP contribution in [0.2, 0.25) is 0 Å². The molecule has 0 aliphatic heterocycles. The molecule has 1 unspecified atom stereocenters. The Labute approximate surface area is 132 Å². The summed E-state index contributed by atoms with van der Waals surface area (Å²) in [5.74, 6) is 1.73. The van der Waals surface area contributed by atoms with Gasteiger partial charge in [-0.25, -0.2) is 0 Å². The molecule has 1 N–H and O–H groups in total. The van der Waals surface area contributed by atoms with Gasteiger partial charge < -0.3 is 10.1 Å². The zero-order valence-electron chi connectivity index (χ0n) is 15.0. The van der Waals surface area contributed by atoms with Crippen LogP contribution in [-0.2, 0) is 4.74 Å². The number of ether oxygens (including phenoxy) is 1. The molecule has 2 fully saturated rings. The highest BCUT2D eigenvalue weighted by molar-refractivity contribution is 5.01. The SMILES string of the molecule is CCOC1(C(NC)C2CCC(C)CC2)CCC(C)(C)CC1. The molecular weight excluding hydrogens is 258 g/mol. The van der Waals surface area contributed by atoms with Crippen LogP contribution in [0.3, 0.4) is 0 Å². The van der Waals surface area contributed by atoms with Crippen LogP contribution in [0.25, 0.3) is 0 Å². The fourth-order valence-corrected chi connectivity index (χ4v) is 4.73. The lowest BCUT2D eigenvalue weighted by Crippen LogP contribution is -2.58. The van der Waals surface area contributed by atoms with Gasteiger partial charge >= 0.3 is 0 Å². The molecule has 2 nitrogen and oxygen atoms in total. The number of nitrogens with one attached hydrogen (secondary N) is 1. The van der Waals surface area contributed by atoms with Crippen LogP contribution in [0.1, 0.15) is 79.1 Å². The molecule has 0 aromatic rings. The molecule has 2 aliphatic carbocycles. The normalized spacial score (nSPS) is 33.6. The third-order valence-electron chi connectivity index (χ3n) is 6.29. The van der Waals surface area contributed by atoms with E-state index < -0.39 is 0 Å². The molecule has 0 bridgehead atoms. The Hall–Kier alpha value is -0.0800. The Morgan fingerprint density at radius 3 is 2.10 bits per heavy atom. The fourth-order valence-electron chi connectivity index (χ4n) is 4.73. The van der Waals surface area contributed by atoms with Gasteiger partial charge in [-0.05, 0) is 69.7 Å². The second-order valence-corrected chi connectivity index (χ2v) is 8.45. The summed E-state index contributed by atoms with van der Waals surface area (Å²) in [4.78, 5) is 0. The van der Waals surface area contributed by atoms with Crippen molar-refractivity contribution in [3.63, 3.8) is 0 Å². The standard InChI is InChI=1S/C19H37NO/c1-6-21-19(13-11-18(3,4)12-14-19)17(20-5)16-9-7-15(2)8-10-16/h15-17,20H,6-14H2,1-5H3. The smallest absolute Gasteiger partial charge is 0.0837 e. The third kappa shape index (κ3) is 4.01. The predicted molar refractivity (Wildman–Crippen MR) is 90.6 cm³/mol. The van der Waals surface area contributed by atoms with Crippen LogP contribution in [0, 0.1) is 17.3 Å². The van der Waals surface area contributed by atoms with Crippen LogP contribution in [0.5, 0.6) is 0 Å². The Morgan fingerprint density at radius 1 is 1.05 bits per heavy atom. The molecule has 2 heteroatoms. The maximum atomic E-state index is 6.43. The Balaban J connectivity index is 2.11. The van der Waals surface area contributed by atoms with E-state index in [1.807, 2.05) is 0 Å². The van der Waals surface area contributed by atoms with Crippen molar-refractivity contribution in [2.75, 3.05) is 13.7 Å². The molecule has 21 heavy (non-hydrogen) atoms. The predicted octanol–water partition coefficient (Wildman–Crippen LogP) is 4.78. The molecule has 0 aromatic heterocycles. The van der Waals surface area contributed by atoms with E-state index in [0.717, 1.165) is 18.4 Å². The van der Waals surface area contributed by atoms with Crippen molar-refractivity contribution >= 4 is 0 Å². The summed E-state index contributed by atoms with van der Waals surface area (Å²) in [7, 11) is 2.16. The molecule has 2 saturated carbocycles. The molecule has 0 amide bonds. The highest BCUT2D eigenvalue weighted by Gasteiger charge is 2.47. The summed E-state index contributed by atoms with van der Waals surface area (Å²) >= 11 is 0. The molecule has 0 saturated heterocycles. The lowest BCUT2D eigenvalue weighted by molar-refractivity contribution is -0.119. The number of likely N-dealkylation sites (N-methyl/N-ethyl adjacent to an activating group) is 1. The first-order chi connectivity index (χ1) is 9.92. The summed E-state index contributed by atoms with van der Waals surface area (Å²) in [6.45, 7) is 10.3. The molecular formula is C19H37NO. The van der Waals surface area contributed by atoms with Gasteiger partial charge in [0, 0.05) is 12.6 Å². The van der Waals surface area contributed by atoms with E-state index in [4.69, 9.17) is 4.74 Å². The van der Waals surface area contributed by atoms with Gasteiger partial charge in [0.15, 0.2) is 0 Å². The van der Waals surface area contributed by atoms with Crippen molar-refractivity contribution in [2.45, 2.75) is 90.7 Å². The highest BCUT2D eigenvalue weighted by atomic mass is 16.5. The molecule has 0 aromatic carbocycles. The van der Waals surface area contributed by atoms with Gasteiger partial charge in [0.25, 0.3) is 0 Å². The second kappa shape index (κ2) is 7.00. The molecule has 1 atom stereocenters. The van der Waals surface area contributed by atoms with E-state index >= 15 is 0 Å². The topological polar surface area (TPSA) is 21.3 Å². The lowest BCUT2D eigenvalue weighted by atomic mass is 9.64. The van der Waals surface area contributed by atoms with Crippen molar-refractivity contribution in [3.8, 4) is 0 Å². The van der Waals surface area contributed by atoms with E-state index in [-0.39, 0.29) is 5.60 Å². The van der Waals surface area contributed by atoms with E-state index in [9.17, 15) is 0 Å². The third-order valence-corrected chi connectivity index (χ3v) is 6.29. The molecule has 2 rings (SSSR count). The quantitative estimate of drug-likeness (QED) is 0.788. The van der Waals surface area contributed by atoms with Crippen LogP contribution in [0.15, 0.2) is 0 Å². The molecule has 124 valence electrons. The van der Waals surface area contributed by atoms with Crippen molar-refractivity contribution in [1.82, 2.24) is 5.32 Å². The Morgan fingerprint density at radius 2 is 1.62 bits per heavy atom. The lowest BCUT2D eigenvalue weighted by Gasteiger charge is -2.50. The summed E-state index contributed by atoms with van der Waals surface area (Å²) in [6.07, 6.45) is 10.6. The van der Waals surface area contributed by atoms with Crippen molar-refractivity contribution in [3.05, 3.63) is 0 Å². The first-order valence-corrected chi connectivity index (χ1v) is 9.24. The first kappa shape index (κ1) is 17.3. The van der Waals surface area contributed by atoms with E-state index in [1.54, 1.807) is 0 Å². The van der Waals surface area contributed by atoms with Crippen LogP contribution >= 0.6 is 0 Å². The van der Waals surface area contributed by atoms with Gasteiger partial charge in [-0.2, -0.15) is 0 Å². The average molecular weight is 296 g/mol. The van der Waals surface area contributed by atoms with Crippen molar-refractivity contribution < 1.29 is 4.74 Å². The summed E-state index contributed by atoms with van der Waals surface area (Å²) in [5, 5.41) is 3.68. The van der Waals surface area contributed by atoms with E-state index in [0.29, 0.717) is 11.5 Å². The largest absolute Gasteiger partial charge is 0.374 e. The van der Waals surface area contributed by atoms with Crippen LogP contribution in [-0.4, -0.2) is 25.3 Å². The minimum atomic E-state index is 0.0876.